The Labute approximate surface area is 130 Å². The summed E-state index contributed by atoms with van der Waals surface area (Å²) in [5, 5.41) is 0. The number of carbonyl (C=O) groups excluding carboxylic acids is 2. The normalized spacial score (nSPS) is 12.0. The van der Waals surface area contributed by atoms with E-state index < -0.39 is 21.6 Å². The van der Waals surface area contributed by atoms with Gasteiger partial charge in [-0.15, -0.1) is 0 Å². The van der Waals surface area contributed by atoms with Crippen molar-refractivity contribution in [3.8, 4) is 0 Å². The summed E-state index contributed by atoms with van der Waals surface area (Å²) in [4.78, 5) is 22.7. The molecule has 0 saturated carbocycles. The first-order chi connectivity index (χ1) is 10.0. The van der Waals surface area contributed by atoms with Crippen LogP contribution in [0.4, 0.5) is 0 Å². The van der Waals surface area contributed by atoms with Crippen LogP contribution in [-0.2, 0) is 19.6 Å². The van der Waals surface area contributed by atoms with Gasteiger partial charge in [-0.25, -0.2) is 13.1 Å². The standard InChI is InChI=1S/C15H21NO5S/c1-11(17)12-5-7-13(8-6-12)22(19,20)16-10-9-14(18)21-15(2,3)4/h5-8,16H,9-10H2,1-4H3. The molecule has 0 radical (unpaired) electrons. The Kier molecular flexibility index (Phi) is 5.85. The molecule has 0 bridgehead atoms. The Morgan fingerprint density at radius 2 is 1.68 bits per heavy atom. The van der Waals surface area contributed by atoms with Gasteiger partial charge in [0.1, 0.15) is 5.60 Å². The van der Waals surface area contributed by atoms with E-state index in [-0.39, 0.29) is 23.6 Å². The van der Waals surface area contributed by atoms with Gasteiger partial charge in [-0.05, 0) is 39.8 Å². The molecule has 22 heavy (non-hydrogen) atoms. The first-order valence-electron chi connectivity index (χ1n) is 6.84. The zero-order valence-electron chi connectivity index (χ0n) is 13.2. The van der Waals surface area contributed by atoms with Crippen molar-refractivity contribution < 1.29 is 22.7 Å². The minimum atomic E-state index is -3.71. The number of sulfonamides is 1. The van der Waals surface area contributed by atoms with Gasteiger partial charge in [0.2, 0.25) is 10.0 Å². The van der Waals surface area contributed by atoms with E-state index >= 15 is 0 Å². The molecule has 0 spiro atoms. The molecular weight excluding hydrogens is 306 g/mol. The second-order valence-corrected chi connectivity index (χ2v) is 7.58. The Morgan fingerprint density at radius 1 is 1.14 bits per heavy atom. The van der Waals surface area contributed by atoms with Crippen molar-refractivity contribution in [2.45, 2.75) is 44.6 Å². The van der Waals surface area contributed by atoms with Crippen LogP contribution in [0.2, 0.25) is 0 Å². The highest BCUT2D eigenvalue weighted by molar-refractivity contribution is 7.89. The third kappa shape index (κ3) is 5.95. The van der Waals surface area contributed by atoms with Crippen LogP contribution < -0.4 is 4.72 Å². The first-order valence-corrected chi connectivity index (χ1v) is 8.32. The Balaban J connectivity index is 2.61. The predicted molar refractivity (Wildman–Crippen MR) is 82.1 cm³/mol. The van der Waals surface area contributed by atoms with E-state index in [1.165, 1.54) is 31.2 Å². The average molecular weight is 327 g/mol. The molecule has 0 saturated heterocycles. The van der Waals surface area contributed by atoms with E-state index in [2.05, 4.69) is 4.72 Å². The third-order valence-corrected chi connectivity index (χ3v) is 4.09. The fraction of sp³-hybridized carbons (Fsp3) is 0.467. The van der Waals surface area contributed by atoms with Gasteiger partial charge in [0.25, 0.3) is 0 Å². The number of ether oxygens (including phenoxy) is 1. The highest BCUT2D eigenvalue weighted by Gasteiger charge is 2.18. The smallest absolute Gasteiger partial charge is 0.307 e. The maximum atomic E-state index is 12.0. The van der Waals surface area contributed by atoms with Crippen molar-refractivity contribution >= 4 is 21.8 Å². The molecule has 0 aliphatic carbocycles. The van der Waals surface area contributed by atoms with E-state index in [1.807, 2.05) is 0 Å². The summed E-state index contributed by atoms with van der Waals surface area (Å²) in [6.07, 6.45) is -0.0535. The quantitative estimate of drug-likeness (QED) is 0.636. The van der Waals surface area contributed by atoms with Crippen molar-refractivity contribution in [3.05, 3.63) is 29.8 Å². The van der Waals surface area contributed by atoms with Crippen LogP contribution in [0.5, 0.6) is 0 Å². The number of hydrogen-bond acceptors (Lipinski definition) is 5. The van der Waals surface area contributed by atoms with Crippen molar-refractivity contribution in [1.29, 1.82) is 0 Å². The number of carbonyl (C=O) groups is 2. The number of benzene rings is 1. The van der Waals surface area contributed by atoms with Crippen molar-refractivity contribution in [2.75, 3.05) is 6.54 Å². The summed E-state index contributed by atoms with van der Waals surface area (Å²) < 4.78 is 31.5. The van der Waals surface area contributed by atoms with E-state index in [1.54, 1.807) is 20.8 Å². The summed E-state index contributed by atoms with van der Waals surface area (Å²) in [6.45, 7) is 6.58. The SMILES string of the molecule is CC(=O)c1ccc(S(=O)(=O)NCCC(=O)OC(C)(C)C)cc1. The van der Waals surface area contributed by atoms with Crippen LogP contribution in [0.1, 0.15) is 44.5 Å². The Hall–Kier alpha value is -1.73. The predicted octanol–water partition coefficient (Wildman–Crippen LogP) is 1.90. The summed E-state index contributed by atoms with van der Waals surface area (Å²) in [5.74, 6) is -0.607. The summed E-state index contributed by atoms with van der Waals surface area (Å²) in [5.41, 5.74) is -0.161. The summed E-state index contributed by atoms with van der Waals surface area (Å²) in [6, 6.07) is 5.61. The van der Waals surface area contributed by atoms with Crippen LogP contribution in [0, 0.1) is 0 Å². The summed E-state index contributed by atoms with van der Waals surface area (Å²) in [7, 11) is -3.71. The van der Waals surface area contributed by atoms with Gasteiger partial charge in [-0.1, -0.05) is 12.1 Å². The molecule has 0 aliphatic heterocycles. The number of hydrogen-bond donors (Lipinski definition) is 1. The van der Waals surface area contributed by atoms with E-state index in [0.717, 1.165) is 0 Å². The monoisotopic (exact) mass is 327 g/mol. The van der Waals surface area contributed by atoms with Gasteiger partial charge in [-0.3, -0.25) is 9.59 Å². The van der Waals surface area contributed by atoms with E-state index in [9.17, 15) is 18.0 Å². The van der Waals surface area contributed by atoms with Gasteiger partial charge in [0, 0.05) is 12.1 Å². The first kappa shape index (κ1) is 18.3. The van der Waals surface area contributed by atoms with Gasteiger partial charge in [-0.2, -0.15) is 0 Å². The van der Waals surface area contributed by atoms with Crippen LogP contribution in [0.3, 0.4) is 0 Å². The molecule has 7 heteroatoms. The van der Waals surface area contributed by atoms with E-state index in [4.69, 9.17) is 4.74 Å². The molecule has 1 aromatic rings. The van der Waals surface area contributed by atoms with Crippen molar-refractivity contribution in [3.63, 3.8) is 0 Å². The zero-order chi connectivity index (χ0) is 17.0. The molecule has 6 nitrogen and oxygen atoms in total. The molecule has 1 aromatic carbocycles. The highest BCUT2D eigenvalue weighted by atomic mass is 32.2. The van der Waals surface area contributed by atoms with Crippen molar-refractivity contribution in [2.24, 2.45) is 0 Å². The third-order valence-electron chi connectivity index (χ3n) is 2.61. The van der Waals surface area contributed by atoms with E-state index in [0.29, 0.717) is 5.56 Å². The molecule has 0 atom stereocenters. The Bertz CT molecular complexity index is 642. The lowest BCUT2D eigenvalue weighted by Crippen LogP contribution is -2.29. The molecule has 0 aromatic heterocycles. The lowest BCUT2D eigenvalue weighted by molar-refractivity contribution is -0.154. The van der Waals surface area contributed by atoms with Crippen LogP contribution >= 0.6 is 0 Å². The van der Waals surface area contributed by atoms with Gasteiger partial charge in [0.15, 0.2) is 5.78 Å². The minimum Gasteiger partial charge on any atom is -0.460 e. The fourth-order valence-electron chi connectivity index (χ4n) is 1.63. The largest absolute Gasteiger partial charge is 0.460 e. The molecule has 0 amide bonds. The number of nitrogens with one attached hydrogen (secondary N) is 1. The average Bonchev–Trinajstić information content (AvgIpc) is 2.36. The molecule has 0 aliphatic rings. The second kappa shape index (κ2) is 7.02. The zero-order valence-corrected chi connectivity index (χ0v) is 14.0. The molecule has 0 unspecified atom stereocenters. The molecule has 0 fully saturated rings. The molecule has 0 heterocycles. The summed E-state index contributed by atoms with van der Waals surface area (Å²) >= 11 is 0. The van der Waals surface area contributed by atoms with Crippen LogP contribution in [0.15, 0.2) is 29.2 Å². The minimum absolute atomic E-state index is 0.0432. The lowest BCUT2D eigenvalue weighted by Gasteiger charge is -2.19. The highest BCUT2D eigenvalue weighted by Crippen LogP contribution is 2.11. The second-order valence-electron chi connectivity index (χ2n) is 5.81. The number of rotatable bonds is 6. The lowest BCUT2D eigenvalue weighted by atomic mass is 10.2. The van der Waals surface area contributed by atoms with Gasteiger partial charge >= 0.3 is 5.97 Å². The maximum absolute atomic E-state index is 12.0. The Morgan fingerprint density at radius 3 is 2.14 bits per heavy atom. The maximum Gasteiger partial charge on any atom is 0.307 e. The topological polar surface area (TPSA) is 89.5 Å². The van der Waals surface area contributed by atoms with Gasteiger partial charge < -0.3 is 4.74 Å². The number of Topliss-reactive ketones (excluding diaryl/α,β-unsaturated/α-hetero) is 1. The van der Waals surface area contributed by atoms with Crippen LogP contribution in [0.25, 0.3) is 0 Å². The van der Waals surface area contributed by atoms with Crippen molar-refractivity contribution in [1.82, 2.24) is 4.72 Å². The molecule has 1 rings (SSSR count). The molecular formula is C15H21NO5S. The molecule has 122 valence electrons. The number of ketones is 1. The van der Waals surface area contributed by atoms with Crippen LogP contribution in [-0.4, -0.2) is 32.3 Å². The molecule has 1 N–H and O–H groups in total. The fourth-order valence-corrected chi connectivity index (χ4v) is 2.66. The van der Waals surface area contributed by atoms with Gasteiger partial charge in [0.05, 0.1) is 11.3 Å². The number of esters is 1.